The van der Waals surface area contributed by atoms with E-state index in [1.54, 1.807) is 0 Å². The number of fused-ring (bicyclic) bond motifs is 4. The Morgan fingerprint density at radius 2 is 0.733 bits per heavy atom. The van der Waals surface area contributed by atoms with Gasteiger partial charge in [-0.1, -0.05) is 72.8 Å². The average molecular weight is 402 g/mol. The van der Waals surface area contributed by atoms with Crippen LogP contribution in [0.5, 0.6) is 23.0 Å². The summed E-state index contributed by atoms with van der Waals surface area (Å²) >= 11 is 0. The largest absolute Gasteiger partial charge is 1.00 e. The standard InChI is InChI=1S/C26H18O3.Na.H/c1-5-13-21-17(9-1)25(18-10-2-6-14-22(18)27-21)29-26-19-11-3-7-15-23(19)28-24-16-8-4-12-20(24)26;;/h1-16,25-26H;;/q;+1;-1. The van der Waals surface area contributed by atoms with E-state index < -0.39 is 0 Å². The van der Waals surface area contributed by atoms with Gasteiger partial charge in [-0.05, 0) is 24.3 Å². The summed E-state index contributed by atoms with van der Waals surface area (Å²) in [6.07, 6.45) is -0.472. The number of ether oxygens (including phenoxy) is 3. The summed E-state index contributed by atoms with van der Waals surface area (Å²) in [6, 6.07) is 32.3. The first-order valence-corrected chi connectivity index (χ1v) is 9.75. The minimum absolute atomic E-state index is 0. The summed E-state index contributed by atoms with van der Waals surface area (Å²) in [5, 5.41) is 0. The second-order valence-corrected chi connectivity index (χ2v) is 7.25. The van der Waals surface area contributed by atoms with Crippen molar-refractivity contribution in [3.05, 3.63) is 119 Å². The van der Waals surface area contributed by atoms with Crippen molar-refractivity contribution < 1.29 is 45.2 Å². The van der Waals surface area contributed by atoms with Gasteiger partial charge in [-0.3, -0.25) is 0 Å². The second-order valence-electron chi connectivity index (χ2n) is 7.25. The van der Waals surface area contributed by atoms with Crippen LogP contribution in [0.2, 0.25) is 0 Å². The predicted octanol–water partition coefficient (Wildman–Crippen LogP) is 3.91. The van der Waals surface area contributed by atoms with E-state index in [1.165, 1.54) is 0 Å². The molecule has 0 radical (unpaired) electrons. The summed E-state index contributed by atoms with van der Waals surface area (Å²) < 4.78 is 19.1. The van der Waals surface area contributed by atoms with Gasteiger partial charge >= 0.3 is 29.6 Å². The molecule has 2 heterocycles. The topological polar surface area (TPSA) is 27.7 Å². The van der Waals surface area contributed by atoms with Crippen molar-refractivity contribution in [3.8, 4) is 23.0 Å². The van der Waals surface area contributed by atoms with E-state index in [0.717, 1.165) is 45.3 Å². The van der Waals surface area contributed by atoms with Crippen LogP contribution in [0.1, 0.15) is 35.9 Å². The molecule has 0 saturated carbocycles. The van der Waals surface area contributed by atoms with E-state index in [9.17, 15) is 0 Å². The van der Waals surface area contributed by atoms with Crippen molar-refractivity contribution in [2.24, 2.45) is 0 Å². The molecule has 0 N–H and O–H groups in total. The van der Waals surface area contributed by atoms with Crippen LogP contribution >= 0.6 is 0 Å². The summed E-state index contributed by atoms with van der Waals surface area (Å²) in [5.41, 5.74) is 4.14. The third kappa shape index (κ3) is 3.15. The molecule has 0 spiro atoms. The third-order valence-electron chi connectivity index (χ3n) is 5.52. The van der Waals surface area contributed by atoms with Crippen molar-refractivity contribution in [2.75, 3.05) is 0 Å². The molecular formula is C26H19NaO3. The van der Waals surface area contributed by atoms with E-state index in [4.69, 9.17) is 14.2 Å². The first kappa shape index (κ1) is 19.4. The van der Waals surface area contributed by atoms with E-state index >= 15 is 0 Å². The number of rotatable bonds is 2. The molecule has 142 valence electrons. The van der Waals surface area contributed by atoms with E-state index in [2.05, 4.69) is 24.3 Å². The Morgan fingerprint density at radius 3 is 1.03 bits per heavy atom. The molecule has 4 aromatic rings. The van der Waals surface area contributed by atoms with Gasteiger partial charge < -0.3 is 15.6 Å². The van der Waals surface area contributed by atoms with Crippen LogP contribution in [-0.2, 0) is 4.74 Å². The van der Waals surface area contributed by atoms with Crippen molar-refractivity contribution >= 4 is 0 Å². The molecule has 0 saturated heterocycles. The molecule has 4 heteroatoms. The monoisotopic (exact) mass is 402 g/mol. The minimum Gasteiger partial charge on any atom is -1.00 e. The molecule has 30 heavy (non-hydrogen) atoms. The van der Waals surface area contributed by atoms with E-state index in [-0.39, 0.29) is 43.2 Å². The van der Waals surface area contributed by atoms with Gasteiger partial charge in [-0.25, -0.2) is 0 Å². The van der Waals surface area contributed by atoms with Gasteiger partial charge in [-0.2, -0.15) is 0 Å². The molecule has 0 fully saturated rings. The Kier molecular flexibility index (Phi) is 5.13. The summed E-state index contributed by atoms with van der Waals surface area (Å²) in [5.74, 6) is 3.35. The minimum atomic E-state index is -0.236. The van der Waals surface area contributed by atoms with Gasteiger partial charge in [0, 0.05) is 22.3 Å². The molecule has 6 rings (SSSR count). The fourth-order valence-electron chi connectivity index (χ4n) is 4.16. The number of hydrogen-bond acceptors (Lipinski definition) is 3. The van der Waals surface area contributed by atoms with Gasteiger partial charge in [0.1, 0.15) is 35.2 Å². The summed E-state index contributed by atoms with van der Waals surface area (Å²) in [7, 11) is 0. The van der Waals surface area contributed by atoms with E-state index in [1.807, 2.05) is 72.8 Å². The van der Waals surface area contributed by atoms with Gasteiger partial charge in [0.05, 0.1) is 0 Å². The van der Waals surface area contributed by atoms with Crippen molar-refractivity contribution in [1.29, 1.82) is 0 Å². The van der Waals surface area contributed by atoms with Crippen LogP contribution in [0.15, 0.2) is 97.1 Å². The molecular weight excluding hydrogens is 383 g/mol. The van der Waals surface area contributed by atoms with Crippen LogP contribution < -0.4 is 39.0 Å². The average Bonchev–Trinajstić information content (AvgIpc) is 2.78. The first-order chi connectivity index (χ1) is 14.4. The Hall–Kier alpha value is -2.56. The predicted molar refractivity (Wildman–Crippen MR) is 112 cm³/mol. The van der Waals surface area contributed by atoms with Crippen molar-refractivity contribution in [2.45, 2.75) is 12.2 Å². The van der Waals surface area contributed by atoms with E-state index in [0.29, 0.717) is 0 Å². The van der Waals surface area contributed by atoms with Crippen LogP contribution in [0.3, 0.4) is 0 Å². The van der Waals surface area contributed by atoms with Gasteiger partial charge in [0.15, 0.2) is 0 Å². The number of benzene rings is 4. The maximum Gasteiger partial charge on any atom is 1.00 e. The molecule has 2 aliphatic heterocycles. The molecule has 0 aliphatic carbocycles. The maximum absolute atomic E-state index is 6.88. The van der Waals surface area contributed by atoms with Crippen LogP contribution in [0.4, 0.5) is 0 Å². The quantitative estimate of drug-likeness (QED) is 0.476. The summed E-state index contributed by atoms with van der Waals surface area (Å²) in [4.78, 5) is 0. The number of hydrogen-bond donors (Lipinski definition) is 0. The normalized spacial score (nSPS) is 14.1. The molecule has 0 amide bonds. The van der Waals surface area contributed by atoms with Crippen LogP contribution in [0, 0.1) is 0 Å². The SMILES string of the molecule is [H-].[Na+].c1ccc2c(c1)Oc1ccccc1C2OC1c2ccccc2Oc2ccccc21. The molecule has 0 bridgehead atoms. The Morgan fingerprint density at radius 1 is 0.467 bits per heavy atom. The van der Waals surface area contributed by atoms with Gasteiger partial charge in [-0.15, -0.1) is 0 Å². The molecule has 4 aromatic carbocycles. The fourth-order valence-corrected chi connectivity index (χ4v) is 4.16. The zero-order valence-electron chi connectivity index (χ0n) is 17.6. The third-order valence-corrected chi connectivity index (χ3v) is 5.52. The fraction of sp³-hybridized carbons (Fsp3) is 0.0769. The van der Waals surface area contributed by atoms with Gasteiger partial charge in [0.2, 0.25) is 0 Å². The van der Waals surface area contributed by atoms with Gasteiger partial charge in [0.25, 0.3) is 0 Å². The maximum atomic E-state index is 6.88. The number of para-hydroxylation sites is 4. The Balaban J connectivity index is 0.00000116. The molecule has 0 atom stereocenters. The second kappa shape index (κ2) is 7.93. The van der Waals surface area contributed by atoms with Crippen LogP contribution in [0.25, 0.3) is 0 Å². The first-order valence-electron chi connectivity index (χ1n) is 9.75. The molecule has 0 aromatic heterocycles. The summed E-state index contributed by atoms with van der Waals surface area (Å²) in [6.45, 7) is 0. The zero-order chi connectivity index (χ0) is 19.2. The molecule has 3 nitrogen and oxygen atoms in total. The molecule has 2 aliphatic rings. The Labute approximate surface area is 199 Å². The zero-order valence-corrected chi connectivity index (χ0v) is 18.6. The Bertz CT molecular complexity index is 1040. The molecule has 0 unspecified atom stereocenters. The smallest absolute Gasteiger partial charge is 1.00 e. The van der Waals surface area contributed by atoms with Crippen molar-refractivity contribution in [3.63, 3.8) is 0 Å². The van der Waals surface area contributed by atoms with Crippen molar-refractivity contribution in [1.82, 2.24) is 0 Å². The van der Waals surface area contributed by atoms with Crippen LogP contribution in [-0.4, -0.2) is 0 Å².